The summed E-state index contributed by atoms with van der Waals surface area (Å²) in [5.41, 5.74) is 1.20. The van der Waals surface area contributed by atoms with Gasteiger partial charge in [0.1, 0.15) is 18.6 Å². The second kappa shape index (κ2) is 21.4. The molecule has 6 rings (SSSR count). The maximum Gasteiger partial charge on any atom is 2.00 e. The van der Waals surface area contributed by atoms with Crippen LogP contribution in [0.25, 0.3) is 0 Å². The summed E-state index contributed by atoms with van der Waals surface area (Å²) in [6, 6.07) is 16.1. The van der Waals surface area contributed by atoms with Crippen molar-refractivity contribution in [2.24, 2.45) is 5.92 Å². The number of benzene rings is 1. The number of likely N-dealkylation sites (tertiary alicyclic amines) is 1. The molecule has 1 saturated carbocycles. The molecule has 4 atom stereocenters. The third-order valence-electron chi connectivity index (χ3n) is 8.48. The van der Waals surface area contributed by atoms with Gasteiger partial charge >= 0.3 is 49.8 Å². The monoisotopic (exact) mass is 752 g/mol. The summed E-state index contributed by atoms with van der Waals surface area (Å²) in [6.45, 7) is 13.5. The van der Waals surface area contributed by atoms with Gasteiger partial charge in [0.2, 0.25) is 0 Å². The number of ether oxygens (including phenoxy) is 3. The van der Waals surface area contributed by atoms with E-state index in [1.807, 2.05) is 62.1 Å². The van der Waals surface area contributed by atoms with Crippen LogP contribution in [0.3, 0.4) is 0 Å². The van der Waals surface area contributed by atoms with E-state index in [2.05, 4.69) is 66.7 Å². The quantitative estimate of drug-likeness (QED) is 0.145. The summed E-state index contributed by atoms with van der Waals surface area (Å²) < 4.78 is 37.4. The van der Waals surface area contributed by atoms with Crippen LogP contribution >= 0.6 is 0 Å². The SMILES string of the molecule is CO[C@H]1[CH][CH][CH][C@@H](OC)N1C(=O)O[C@H]1CCCC[C@@H]1C(C)(C)c1ccccc1.[C-]#[O+].[C-]#[O+].[Mo+2].c1cnn([B-](n2cccn2)n2cccn2)c1. The Bertz CT molecular complexity index is 1390. The van der Waals surface area contributed by atoms with Crippen LogP contribution < -0.4 is 0 Å². The molecule has 0 unspecified atom stereocenters. The molecule has 13 nitrogen and oxygen atoms in total. The van der Waals surface area contributed by atoms with Crippen LogP contribution in [-0.2, 0) is 50.0 Å². The number of methoxy groups -OCH3 is 2. The maximum atomic E-state index is 13.1. The molecule has 0 N–H and O–H groups in total. The molecule has 4 aromatic rings. The standard InChI is InChI=1S/C23H32NO4.C9H9BN6.2CO.Mo/c1-23(2,17-11-6-5-7-12-17)18-13-8-9-14-19(18)28-22(25)24-20(26-3)15-10-16-21(24)27-4;1-4-11-14(7-1)10(15-8-2-5-12-15)16-9-3-6-13-16;2*1-2;/h5-7,10-12,15-16,18-21H,8-9,13-14H2,1-4H3;1-9H;;;/q;-1;;;+2/t18-,19-,20-,21+;;;;/m0..../s1. The number of hydrogen-bond acceptors (Lipinski definition) is 7. The van der Waals surface area contributed by atoms with Gasteiger partial charge in [-0.3, -0.25) is 4.90 Å². The van der Waals surface area contributed by atoms with Gasteiger partial charge in [-0.25, -0.2) is 20.1 Å². The second-order valence-electron chi connectivity index (χ2n) is 11.4. The van der Waals surface area contributed by atoms with Crippen molar-refractivity contribution in [1.82, 2.24) is 34.0 Å². The zero-order valence-electron chi connectivity index (χ0n) is 28.0. The molecule has 2 aliphatic rings. The van der Waals surface area contributed by atoms with Gasteiger partial charge < -0.3 is 28.0 Å². The second-order valence-corrected chi connectivity index (χ2v) is 11.4. The summed E-state index contributed by atoms with van der Waals surface area (Å²) in [5.74, 6) is 0.263. The number of piperidine rings is 1. The van der Waals surface area contributed by atoms with Crippen LogP contribution in [0.1, 0.15) is 45.1 Å². The van der Waals surface area contributed by atoms with E-state index in [0.29, 0.717) is 0 Å². The van der Waals surface area contributed by atoms with E-state index in [9.17, 15) is 4.79 Å². The van der Waals surface area contributed by atoms with Gasteiger partial charge in [0.05, 0.1) is 0 Å². The van der Waals surface area contributed by atoms with E-state index >= 15 is 0 Å². The Labute approximate surface area is 303 Å². The first-order chi connectivity index (χ1) is 23.4. The van der Waals surface area contributed by atoms with Crippen molar-refractivity contribution in [3.63, 3.8) is 0 Å². The predicted octanol–water partition coefficient (Wildman–Crippen LogP) is 4.66. The number of carbonyl (C=O) groups is 1. The van der Waals surface area contributed by atoms with Gasteiger partial charge in [0.25, 0.3) is 7.12 Å². The molecule has 0 bridgehead atoms. The fourth-order valence-corrected chi connectivity index (χ4v) is 6.13. The van der Waals surface area contributed by atoms with E-state index in [-0.39, 0.29) is 51.7 Å². The minimum atomic E-state index is -0.494. The van der Waals surface area contributed by atoms with Crippen LogP contribution in [0.5, 0.6) is 0 Å². The van der Waals surface area contributed by atoms with Crippen molar-refractivity contribution in [2.45, 2.75) is 63.5 Å². The molecule has 1 aliphatic carbocycles. The number of rotatable bonds is 8. The number of aromatic nitrogens is 6. The molecule has 4 radical (unpaired) electrons. The van der Waals surface area contributed by atoms with Crippen LogP contribution in [-0.4, -0.2) is 80.0 Å². The largest absolute Gasteiger partial charge is 2.00 e. The maximum absolute atomic E-state index is 13.1. The van der Waals surface area contributed by atoms with Crippen LogP contribution in [0.4, 0.5) is 4.79 Å². The molecule has 0 spiro atoms. The van der Waals surface area contributed by atoms with Gasteiger partial charge in [0, 0.05) is 51.6 Å². The molecule has 1 amide bonds. The first-order valence-electron chi connectivity index (χ1n) is 15.4. The fourth-order valence-electron chi connectivity index (χ4n) is 6.13. The smallest absolute Gasteiger partial charge is 0.425 e. The average Bonchev–Trinajstić information content (AvgIpc) is 3.97. The Morgan fingerprint density at radius 2 is 1.27 bits per heavy atom. The number of amides is 1. The van der Waals surface area contributed by atoms with E-state index in [1.165, 1.54) is 10.5 Å². The zero-order valence-corrected chi connectivity index (χ0v) is 30.0. The van der Waals surface area contributed by atoms with Gasteiger partial charge in [-0.2, -0.15) is 0 Å². The molecule has 1 aromatic carbocycles. The van der Waals surface area contributed by atoms with Crippen molar-refractivity contribution < 1.29 is 49.4 Å². The van der Waals surface area contributed by atoms with Gasteiger partial charge in [-0.05, 0) is 73.5 Å². The molecular weight excluding hydrogens is 709 g/mol. The Balaban J connectivity index is 0.000000336. The van der Waals surface area contributed by atoms with Crippen LogP contribution in [0.2, 0.25) is 0 Å². The predicted molar refractivity (Wildman–Crippen MR) is 175 cm³/mol. The van der Waals surface area contributed by atoms with Gasteiger partial charge in [-0.15, -0.1) is 0 Å². The number of carbonyl (C=O) groups excluding carboxylic acids is 1. The topological polar surface area (TPSA) is 141 Å². The van der Waals surface area contributed by atoms with Crippen molar-refractivity contribution in [2.75, 3.05) is 14.2 Å². The first kappa shape index (κ1) is 41.4. The summed E-state index contributed by atoms with van der Waals surface area (Å²) in [4.78, 5) is 14.6. The van der Waals surface area contributed by atoms with E-state index in [4.69, 9.17) is 23.5 Å². The van der Waals surface area contributed by atoms with E-state index in [1.54, 1.807) is 46.6 Å². The van der Waals surface area contributed by atoms with Gasteiger partial charge in [-0.1, -0.05) is 50.6 Å². The summed E-state index contributed by atoms with van der Waals surface area (Å²) >= 11 is 0. The molecule has 49 heavy (non-hydrogen) atoms. The number of nitrogens with zero attached hydrogens (tertiary/aromatic N) is 7. The molecule has 15 heteroatoms. The molecule has 2 fully saturated rings. The average molecular weight is 750 g/mol. The van der Waals surface area contributed by atoms with Crippen LogP contribution in [0.15, 0.2) is 85.7 Å². The Hall–Kier alpha value is -3.73. The van der Waals surface area contributed by atoms with Crippen molar-refractivity contribution in [3.8, 4) is 0 Å². The van der Waals surface area contributed by atoms with Crippen molar-refractivity contribution >= 4 is 13.2 Å². The zero-order chi connectivity index (χ0) is 34.9. The van der Waals surface area contributed by atoms with E-state index < -0.39 is 12.5 Å². The molecule has 1 aliphatic heterocycles. The molecule has 3 aromatic heterocycles. The van der Waals surface area contributed by atoms with Crippen molar-refractivity contribution in [1.29, 1.82) is 0 Å². The first-order valence-corrected chi connectivity index (χ1v) is 15.4. The minimum Gasteiger partial charge on any atom is -0.425 e. The molecular formula is C34H41BMoN7O6+. The summed E-state index contributed by atoms with van der Waals surface area (Å²) in [6.07, 6.45) is 19.0. The van der Waals surface area contributed by atoms with E-state index in [0.717, 1.165) is 25.7 Å². The summed E-state index contributed by atoms with van der Waals surface area (Å²) in [7, 11) is 2.96. The summed E-state index contributed by atoms with van der Waals surface area (Å²) in [5, 5.41) is 12.7. The Morgan fingerprint density at radius 1 is 0.796 bits per heavy atom. The Morgan fingerprint density at radius 3 is 1.69 bits per heavy atom. The third kappa shape index (κ3) is 10.6. The van der Waals surface area contributed by atoms with Crippen LogP contribution in [0, 0.1) is 38.5 Å². The molecule has 256 valence electrons. The van der Waals surface area contributed by atoms with Crippen molar-refractivity contribution in [3.05, 3.63) is 124 Å². The normalized spacial score (nSPS) is 20.1. The van der Waals surface area contributed by atoms with Gasteiger partial charge in [0.15, 0.2) is 0 Å². The molecule has 4 heterocycles. The molecule has 1 saturated heterocycles. The third-order valence-corrected chi connectivity index (χ3v) is 8.48. The fraction of sp³-hybridized carbons (Fsp3) is 0.382. The minimum absolute atomic E-state index is 0. The number of hydrogen-bond donors (Lipinski definition) is 0. The Kier molecular flexibility index (Phi) is 18.1.